The highest BCUT2D eigenvalue weighted by Gasteiger charge is 2.16. The number of ether oxygens (including phenoxy) is 1. The van der Waals surface area contributed by atoms with Gasteiger partial charge in [0.05, 0.1) is 12.8 Å². The van der Waals surface area contributed by atoms with Crippen molar-refractivity contribution in [3.8, 4) is 5.75 Å². The Labute approximate surface area is 136 Å². The number of nitrogens with zero attached hydrogens (tertiary/aromatic N) is 2. The fraction of sp³-hybridized carbons (Fsp3) is 0.333. The van der Waals surface area contributed by atoms with Crippen LogP contribution in [0.15, 0.2) is 36.5 Å². The third-order valence-electron chi connectivity index (χ3n) is 4.05. The quantitative estimate of drug-likeness (QED) is 0.941. The van der Waals surface area contributed by atoms with Gasteiger partial charge in [0.2, 0.25) is 0 Å². The zero-order valence-corrected chi connectivity index (χ0v) is 13.5. The molecule has 3 rings (SSSR count). The third-order valence-corrected chi connectivity index (χ3v) is 4.05. The van der Waals surface area contributed by atoms with Crippen LogP contribution in [0.1, 0.15) is 28.9 Å². The van der Waals surface area contributed by atoms with Crippen molar-refractivity contribution in [1.82, 2.24) is 4.98 Å². The summed E-state index contributed by atoms with van der Waals surface area (Å²) in [5.74, 6) is 0.412. The number of benzene rings is 1. The molecular weight excluding hydrogens is 290 g/mol. The fourth-order valence-corrected chi connectivity index (χ4v) is 2.82. The maximum atomic E-state index is 12.5. The Kier molecular flexibility index (Phi) is 4.46. The van der Waals surface area contributed by atoms with Crippen LogP contribution in [-0.4, -0.2) is 31.1 Å². The SMILES string of the molecule is COc1ccc(C)cc1NC(=O)c1cc(N2CCCC2)ccn1. The van der Waals surface area contributed by atoms with Crippen molar-refractivity contribution in [2.24, 2.45) is 0 Å². The van der Waals surface area contributed by atoms with E-state index in [0.29, 0.717) is 17.1 Å². The number of amides is 1. The largest absolute Gasteiger partial charge is 0.495 e. The predicted octanol–water partition coefficient (Wildman–Crippen LogP) is 3.25. The first-order valence-corrected chi connectivity index (χ1v) is 7.84. The van der Waals surface area contributed by atoms with Crippen LogP contribution in [0.5, 0.6) is 5.75 Å². The minimum atomic E-state index is -0.227. The summed E-state index contributed by atoms with van der Waals surface area (Å²) in [7, 11) is 1.59. The second kappa shape index (κ2) is 6.69. The summed E-state index contributed by atoms with van der Waals surface area (Å²) in [5, 5.41) is 2.89. The third kappa shape index (κ3) is 3.44. The van der Waals surface area contributed by atoms with Gasteiger partial charge in [0.1, 0.15) is 11.4 Å². The molecule has 120 valence electrons. The first-order valence-electron chi connectivity index (χ1n) is 7.84. The van der Waals surface area contributed by atoms with E-state index in [1.165, 1.54) is 12.8 Å². The van der Waals surface area contributed by atoms with Crippen molar-refractivity contribution in [2.75, 3.05) is 30.4 Å². The number of aryl methyl sites for hydroxylation is 1. The summed E-state index contributed by atoms with van der Waals surface area (Å²) in [6.07, 6.45) is 4.09. The molecule has 2 aromatic rings. The van der Waals surface area contributed by atoms with Crippen LogP contribution in [0.25, 0.3) is 0 Å². The second-order valence-corrected chi connectivity index (χ2v) is 5.75. The Bertz CT molecular complexity index is 709. The molecule has 0 unspecified atom stereocenters. The number of carbonyl (C=O) groups is 1. The molecule has 1 N–H and O–H groups in total. The molecule has 0 spiro atoms. The number of rotatable bonds is 4. The van der Waals surface area contributed by atoms with Crippen LogP contribution in [0.2, 0.25) is 0 Å². The molecule has 1 aliphatic heterocycles. The van der Waals surface area contributed by atoms with Gasteiger partial charge in [0.25, 0.3) is 5.91 Å². The number of methoxy groups -OCH3 is 1. The molecule has 1 aliphatic rings. The molecule has 5 nitrogen and oxygen atoms in total. The van der Waals surface area contributed by atoms with E-state index in [1.807, 2.05) is 37.3 Å². The molecule has 0 aliphatic carbocycles. The van der Waals surface area contributed by atoms with Gasteiger partial charge >= 0.3 is 0 Å². The number of hydrogen-bond acceptors (Lipinski definition) is 4. The van der Waals surface area contributed by atoms with Gasteiger partial charge in [-0.05, 0) is 49.6 Å². The molecule has 0 atom stereocenters. The van der Waals surface area contributed by atoms with Crippen LogP contribution in [0.3, 0.4) is 0 Å². The van der Waals surface area contributed by atoms with Crippen molar-refractivity contribution in [3.63, 3.8) is 0 Å². The first kappa shape index (κ1) is 15.3. The van der Waals surface area contributed by atoms with Crippen LogP contribution in [0, 0.1) is 6.92 Å². The van der Waals surface area contributed by atoms with Gasteiger partial charge in [-0.1, -0.05) is 6.07 Å². The van der Waals surface area contributed by atoms with E-state index < -0.39 is 0 Å². The molecule has 1 fully saturated rings. The molecular formula is C18H21N3O2. The van der Waals surface area contributed by atoms with Crippen molar-refractivity contribution >= 4 is 17.3 Å². The van der Waals surface area contributed by atoms with Crippen molar-refractivity contribution in [1.29, 1.82) is 0 Å². The Morgan fingerprint density at radius 1 is 1.22 bits per heavy atom. The zero-order valence-electron chi connectivity index (χ0n) is 13.5. The van der Waals surface area contributed by atoms with E-state index in [0.717, 1.165) is 24.3 Å². The second-order valence-electron chi connectivity index (χ2n) is 5.75. The lowest BCUT2D eigenvalue weighted by Crippen LogP contribution is -2.19. The average molecular weight is 311 g/mol. The number of hydrogen-bond donors (Lipinski definition) is 1. The van der Waals surface area contributed by atoms with Crippen LogP contribution >= 0.6 is 0 Å². The molecule has 0 radical (unpaired) electrons. The molecule has 1 amide bonds. The van der Waals surface area contributed by atoms with Gasteiger partial charge in [-0.3, -0.25) is 9.78 Å². The minimum absolute atomic E-state index is 0.227. The molecule has 1 saturated heterocycles. The summed E-state index contributed by atoms with van der Waals surface area (Å²) in [6.45, 7) is 4.05. The van der Waals surface area contributed by atoms with Crippen LogP contribution in [-0.2, 0) is 0 Å². The minimum Gasteiger partial charge on any atom is -0.495 e. The summed E-state index contributed by atoms with van der Waals surface area (Å²) < 4.78 is 5.30. The Morgan fingerprint density at radius 3 is 2.74 bits per heavy atom. The fourth-order valence-electron chi connectivity index (χ4n) is 2.82. The van der Waals surface area contributed by atoms with Crippen LogP contribution in [0.4, 0.5) is 11.4 Å². The highest BCUT2D eigenvalue weighted by Crippen LogP contribution is 2.26. The molecule has 1 aromatic heterocycles. The van der Waals surface area contributed by atoms with Gasteiger partial charge in [-0.25, -0.2) is 0 Å². The lowest BCUT2D eigenvalue weighted by atomic mass is 10.2. The molecule has 23 heavy (non-hydrogen) atoms. The number of nitrogens with one attached hydrogen (secondary N) is 1. The number of pyridine rings is 1. The van der Waals surface area contributed by atoms with Gasteiger partial charge in [0, 0.05) is 25.0 Å². The van der Waals surface area contributed by atoms with E-state index in [-0.39, 0.29) is 5.91 Å². The molecule has 0 bridgehead atoms. The maximum Gasteiger partial charge on any atom is 0.274 e. The first-order chi connectivity index (χ1) is 11.2. The maximum absolute atomic E-state index is 12.5. The zero-order chi connectivity index (χ0) is 16.2. The van der Waals surface area contributed by atoms with Gasteiger partial charge in [-0.15, -0.1) is 0 Å². The molecule has 0 saturated carbocycles. The summed E-state index contributed by atoms with van der Waals surface area (Å²) in [4.78, 5) is 19.0. The number of aromatic nitrogens is 1. The van der Waals surface area contributed by atoms with Crippen molar-refractivity contribution < 1.29 is 9.53 Å². The van der Waals surface area contributed by atoms with E-state index in [2.05, 4.69) is 15.2 Å². The summed E-state index contributed by atoms with van der Waals surface area (Å²) in [6, 6.07) is 9.49. The average Bonchev–Trinajstić information content (AvgIpc) is 3.10. The van der Waals surface area contributed by atoms with E-state index in [1.54, 1.807) is 13.3 Å². The standard InChI is InChI=1S/C18H21N3O2/c1-13-5-6-17(23-2)15(11-13)20-18(22)16-12-14(7-8-19-16)21-9-3-4-10-21/h5-8,11-12H,3-4,9-10H2,1-2H3,(H,20,22). The molecule has 5 heteroatoms. The van der Waals surface area contributed by atoms with Crippen molar-refractivity contribution in [3.05, 3.63) is 47.8 Å². The van der Waals surface area contributed by atoms with Crippen LogP contribution < -0.4 is 15.0 Å². The Hall–Kier alpha value is -2.56. The van der Waals surface area contributed by atoms with E-state index >= 15 is 0 Å². The Morgan fingerprint density at radius 2 is 2.00 bits per heavy atom. The molecule has 1 aromatic carbocycles. The van der Waals surface area contributed by atoms with Gasteiger partial charge < -0.3 is 15.0 Å². The monoisotopic (exact) mass is 311 g/mol. The topological polar surface area (TPSA) is 54.5 Å². The summed E-state index contributed by atoms with van der Waals surface area (Å²) >= 11 is 0. The lowest BCUT2D eigenvalue weighted by Gasteiger charge is -2.18. The summed E-state index contributed by atoms with van der Waals surface area (Å²) in [5.41, 5.74) is 3.18. The highest BCUT2D eigenvalue weighted by atomic mass is 16.5. The highest BCUT2D eigenvalue weighted by molar-refractivity contribution is 6.04. The van der Waals surface area contributed by atoms with Crippen molar-refractivity contribution in [2.45, 2.75) is 19.8 Å². The Balaban J connectivity index is 1.81. The molecule has 2 heterocycles. The van der Waals surface area contributed by atoms with E-state index in [9.17, 15) is 4.79 Å². The lowest BCUT2D eigenvalue weighted by molar-refractivity contribution is 0.102. The van der Waals surface area contributed by atoms with Gasteiger partial charge in [-0.2, -0.15) is 0 Å². The smallest absolute Gasteiger partial charge is 0.274 e. The van der Waals surface area contributed by atoms with Gasteiger partial charge in [0.15, 0.2) is 0 Å². The normalized spacial score (nSPS) is 13.9. The van der Waals surface area contributed by atoms with E-state index in [4.69, 9.17) is 4.74 Å². The number of carbonyl (C=O) groups excluding carboxylic acids is 1. The number of anilines is 2. The predicted molar refractivity (Wildman–Crippen MR) is 91.4 cm³/mol.